The largest absolute Gasteiger partial charge is 0.618 e. The number of carbonyl (C=O) groups is 1. The van der Waals surface area contributed by atoms with E-state index < -0.39 is 5.97 Å². The van der Waals surface area contributed by atoms with Gasteiger partial charge < -0.3 is 14.7 Å². The van der Waals surface area contributed by atoms with Crippen LogP contribution in [0.5, 0.6) is 5.75 Å². The lowest BCUT2D eigenvalue weighted by Gasteiger charge is -2.04. The number of rotatable bonds is 3. The molecule has 76 valence electrons. The molecule has 0 aliphatic carbocycles. The Labute approximate surface area is 81.5 Å². The number of methoxy groups -OCH3 is 1. The molecule has 5 heteroatoms. The van der Waals surface area contributed by atoms with Crippen LogP contribution in [0.1, 0.15) is 17.4 Å². The molecule has 0 atom stereocenters. The number of pyridine rings is 1. The van der Waals surface area contributed by atoms with Gasteiger partial charge in [-0.15, -0.1) is 0 Å². The predicted molar refractivity (Wildman–Crippen MR) is 47.9 cm³/mol. The van der Waals surface area contributed by atoms with E-state index in [-0.39, 0.29) is 12.3 Å². The Morgan fingerprint density at radius 1 is 1.57 bits per heavy atom. The van der Waals surface area contributed by atoms with Crippen LogP contribution in [0.4, 0.5) is 0 Å². The molecule has 1 heterocycles. The summed E-state index contributed by atoms with van der Waals surface area (Å²) in [7, 11) is 1.44. The van der Waals surface area contributed by atoms with Crippen molar-refractivity contribution in [2.75, 3.05) is 13.7 Å². The number of aromatic nitrogens is 1. The molecule has 0 fully saturated rings. The third kappa shape index (κ3) is 2.12. The maximum Gasteiger partial charge on any atom is 0.405 e. The Hall–Kier alpha value is -1.78. The van der Waals surface area contributed by atoms with E-state index in [0.717, 1.165) is 0 Å². The molecule has 5 nitrogen and oxygen atoms in total. The molecule has 1 rings (SSSR count). The van der Waals surface area contributed by atoms with Crippen LogP contribution in [-0.4, -0.2) is 19.7 Å². The minimum atomic E-state index is -0.634. The first kappa shape index (κ1) is 10.3. The highest BCUT2D eigenvalue weighted by atomic mass is 16.5. The fourth-order valence-electron chi connectivity index (χ4n) is 0.946. The van der Waals surface area contributed by atoms with Crippen LogP contribution in [0.25, 0.3) is 0 Å². The van der Waals surface area contributed by atoms with Crippen molar-refractivity contribution in [3.63, 3.8) is 0 Å². The summed E-state index contributed by atoms with van der Waals surface area (Å²) in [5.41, 5.74) is -0.0485. The van der Waals surface area contributed by atoms with Crippen LogP contribution in [0.2, 0.25) is 0 Å². The average molecular weight is 197 g/mol. The lowest BCUT2D eigenvalue weighted by atomic mass is 10.3. The van der Waals surface area contributed by atoms with Gasteiger partial charge in [-0.25, -0.2) is 4.79 Å². The third-order valence-electron chi connectivity index (χ3n) is 1.61. The molecule has 0 radical (unpaired) electrons. The van der Waals surface area contributed by atoms with Crippen molar-refractivity contribution in [3.05, 3.63) is 29.2 Å². The number of hydrogen-bond acceptors (Lipinski definition) is 4. The van der Waals surface area contributed by atoms with E-state index in [2.05, 4.69) is 4.74 Å². The molecular formula is C9H11NO4. The molecule has 0 spiro atoms. The van der Waals surface area contributed by atoms with E-state index >= 15 is 0 Å². The van der Waals surface area contributed by atoms with Gasteiger partial charge in [0.25, 0.3) is 0 Å². The normalized spacial score (nSPS) is 9.57. The molecule has 0 unspecified atom stereocenters. The first-order valence-corrected chi connectivity index (χ1v) is 4.13. The van der Waals surface area contributed by atoms with E-state index in [0.29, 0.717) is 10.5 Å². The third-order valence-corrected chi connectivity index (χ3v) is 1.61. The van der Waals surface area contributed by atoms with Gasteiger partial charge in [-0.05, 0) is 13.0 Å². The van der Waals surface area contributed by atoms with Gasteiger partial charge in [-0.2, -0.15) is 4.73 Å². The molecule has 0 bridgehead atoms. The van der Waals surface area contributed by atoms with E-state index in [4.69, 9.17) is 4.74 Å². The second kappa shape index (κ2) is 4.45. The van der Waals surface area contributed by atoms with Crippen LogP contribution in [0.3, 0.4) is 0 Å². The summed E-state index contributed by atoms with van der Waals surface area (Å²) in [6.07, 6.45) is 1.17. The lowest BCUT2D eigenvalue weighted by molar-refractivity contribution is -0.608. The van der Waals surface area contributed by atoms with Crippen LogP contribution in [-0.2, 0) is 4.74 Å². The van der Waals surface area contributed by atoms with Gasteiger partial charge in [0.05, 0.1) is 13.7 Å². The Kier molecular flexibility index (Phi) is 3.28. The smallest absolute Gasteiger partial charge is 0.405 e. The highest BCUT2D eigenvalue weighted by Crippen LogP contribution is 2.06. The molecule has 0 amide bonds. The minimum Gasteiger partial charge on any atom is -0.618 e. The van der Waals surface area contributed by atoms with Crippen molar-refractivity contribution in [2.45, 2.75) is 6.92 Å². The Morgan fingerprint density at radius 3 is 2.79 bits per heavy atom. The molecule has 14 heavy (non-hydrogen) atoms. The molecule has 0 saturated heterocycles. The highest BCUT2D eigenvalue weighted by Gasteiger charge is 2.17. The van der Waals surface area contributed by atoms with Crippen molar-refractivity contribution in [2.24, 2.45) is 0 Å². The summed E-state index contributed by atoms with van der Waals surface area (Å²) in [5.74, 6) is -0.238. The van der Waals surface area contributed by atoms with Crippen molar-refractivity contribution in [1.82, 2.24) is 0 Å². The van der Waals surface area contributed by atoms with Gasteiger partial charge in [-0.1, -0.05) is 0 Å². The SMILES string of the molecule is CCOC(=O)c1ccc(OC)c[n+]1[O-]. The first-order chi connectivity index (χ1) is 6.69. The second-order valence-corrected chi connectivity index (χ2v) is 2.50. The quantitative estimate of drug-likeness (QED) is 0.402. The average Bonchev–Trinajstić information content (AvgIpc) is 2.17. The Morgan fingerprint density at radius 2 is 2.29 bits per heavy atom. The number of hydrogen-bond donors (Lipinski definition) is 0. The monoisotopic (exact) mass is 197 g/mol. The zero-order valence-electron chi connectivity index (χ0n) is 8.02. The van der Waals surface area contributed by atoms with E-state index in [1.54, 1.807) is 6.92 Å². The van der Waals surface area contributed by atoms with Gasteiger partial charge in [-0.3, -0.25) is 0 Å². The topological polar surface area (TPSA) is 62.5 Å². The maximum atomic E-state index is 11.3. The van der Waals surface area contributed by atoms with Gasteiger partial charge in [0.1, 0.15) is 0 Å². The second-order valence-electron chi connectivity index (χ2n) is 2.50. The molecule has 0 aliphatic heterocycles. The van der Waals surface area contributed by atoms with Crippen LogP contribution >= 0.6 is 0 Å². The van der Waals surface area contributed by atoms with Crippen molar-refractivity contribution in [1.29, 1.82) is 0 Å². The van der Waals surface area contributed by atoms with Gasteiger partial charge in [0.15, 0.2) is 5.75 Å². The van der Waals surface area contributed by atoms with Crippen molar-refractivity contribution < 1.29 is 19.0 Å². The van der Waals surface area contributed by atoms with Gasteiger partial charge in [0.2, 0.25) is 6.20 Å². The Balaban J connectivity index is 2.94. The maximum absolute atomic E-state index is 11.3. The number of nitrogens with zero attached hydrogens (tertiary/aromatic N) is 1. The molecule has 0 saturated carbocycles. The van der Waals surface area contributed by atoms with E-state index in [1.807, 2.05) is 0 Å². The van der Waals surface area contributed by atoms with Crippen LogP contribution in [0.15, 0.2) is 18.3 Å². The highest BCUT2D eigenvalue weighted by molar-refractivity contribution is 5.85. The van der Waals surface area contributed by atoms with Crippen LogP contribution < -0.4 is 9.47 Å². The summed E-state index contributed by atoms with van der Waals surface area (Å²) in [6, 6.07) is 2.89. The lowest BCUT2D eigenvalue weighted by Crippen LogP contribution is -2.34. The zero-order chi connectivity index (χ0) is 10.6. The minimum absolute atomic E-state index is 0.0485. The zero-order valence-corrected chi connectivity index (χ0v) is 8.02. The van der Waals surface area contributed by atoms with Gasteiger partial charge in [0, 0.05) is 6.07 Å². The summed E-state index contributed by atoms with van der Waals surface area (Å²) in [4.78, 5) is 11.2. The summed E-state index contributed by atoms with van der Waals surface area (Å²) in [5, 5.41) is 11.3. The Bertz CT molecular complexity index is 338. The summed E-state index contributed by atoms with van der Waals surface area (Å²) < 4.78 is 9.93. The summed E-state index contributed by atoms with van der Waals surface area (Å²) in [6.45, 7) is 1.92. The predicted octanol–water partition coefficient (Wildman–Crippen LogP) is 0.505. The number of carbonyl (C=O) groups excluding carboxylic acids is 1. The van der Waals surface area contributed by atoms with E-state index in [9.17, 15) is 10.0 Å². The number of esters is 1. The van der Waals surface area contributed by atoms with Gasteiger partial charge >= 0.3 is 11.7 Å². The molecule has 1 aromatic heterocycles. The standard InChI is InChI=1S/C9H11NO4/c1-3-14-9(11)8-5-4-7(13-2)6-10(8)12/h4-6H,3H2,1-2H3. The van der Waals surface area contributed by atoms with Crippen molar-refractivity contribution >= 4 is 5.97 Å². The van der Waals surface area contributed by atoms with Crippen LogP contribution in [0, 0.1) is 5.21 Å². The molecular weight excluding hydrogens is 186 g/mol. The molecule has 0 aliphatic rings. The fraction of sp³-hybridized carbons (Fsp3) is 0.333. The fourth-order valence-corrected chi connectivity index (χ4v) is 0.946. The molecule has 0 aromatic carbocycles. The first-order valence-electron chi connectivity index (χ1n) is 4.13. The molecule has 1 aromatic rings. The molecule has 0 N–H and O–H groups in total. The van der Waals surface area contributed by atoms with Crippen molar-refractivity contribution in [3.8, 4) is 5.75 Å². The number of ether oxygens (including phenoxy) is 2. The van der Waals surface area contributed by atoms with E-state index in [1.165, 1.54) is 25.4 Å². The summed E-state index contributed by atoms with van der Waals surface area (Å²) >= 11 is 0.